The maximum Gasteiger partial charge on any atom is 1.00 e. The summed E-state index contributed by atoms with van der Waals surface area (Å²) in [7, 11) is -10.5. The molecule has 0 aromatic heterocycles. The molecule has 7 N–H and O–H groups in total. The number of nitrogens with two attached hydrogens (primary N) is 3. The zero-order valence-electron chi connectivity index (χ0n) is 36.8. The van der Waals surface area contributed by atoms with Gasteiger partial charge in [-0.25, -0.2) is 8.42 Å². The van der Waals surface area contributed by atoms with Gasteiger partial charge in [-0.15, -0.1) is 25.6 Å². The molecule has 0 fully saturated rings. The van der Waals surface area contributed by atoms with E-state index >= 15 is 0 Å². The van der Waals surface area contributed by atoms with E-state index in [0.717, 1.165) is 18.6 Å². The van der Waals surface area contributed by atoms with Crippen LogP contribution in [0.15, 0.2) is 131 Å². The molecule has 0 spiro atoms. The second-order valence-corrected chi connectivity index (χ2v) is 16.7. The fourth-order valence-electron chi connectivity index (χ4n) is 6.13. The number of ether oxygens (including phenoxy) is 3. The molecule has 0 radical (unpaired) electrons. The van der Waals surface area contributed by atoms with Gasteiger partial charge in [0.15, 0.2) is 0 Å². The maximum atomic E-state index is 13.9. The van der Waals surface area contributed by atoms with Gasteiger partial charge in [-0.3, -0.25) is 4.55 Å². The molecule has 0 aliphatic heterocycles. The first kappa shape index (κ1) is 53.4. The van der Waals surface area contributed by atoms with E-state index in [1.54, 1.807) is 60.7 Å². The Hall–Kier alpha value is -5.20. The normalized spacial score (nSPS) is 11.8. The van der Waals surface area contributed by atoms with Gasteiger partial charge in [0.1, 0.15) is 55.0 Å². The van der Waals surface area contributed by atoms with Crippen molar-refractivity contribution in [3.05, 3.63) is 91.0 Å². The van der Waals surface area contributed by atoms with E-state index < -0.39 is 63.6 Å². The first-order chi connectivity index (χ1) is 30.5. The fraction of sp³-hybridized carbons (Fsp3) is 0.209. The summed E-state index contributed by atoms with van der Waals surface area (Å²) < 4.78 is 90.5. The molecule has 0 saturated carbocycles. The van der Waals surface area contributed by atoms with E-state index in [0.29, 0.717) is 71.4 Å². The Morgan fingerprint density at radius 2 is 1.08 bits per heavy atom. The summed E-state index contributed by atoms with van der Waals surface area (Å²) in [5.41, 5.74) is 19.6. The molecule has 0 amide bonds. The van der Waals surface area contributed by atoms with Crippen LogP contribution in [0.3, 0.4) is 0 Å². The van der Waals surface area contributed by atoms with Crippen molar-refractivity contribution < 1.29 is 104 Å². The van der Waals surface area contributed by atoms with E-state index in [2.05, 4.69) is 30.7 Å². The number of azo groups is 3. The number of nitrogen functional groups attached to an aromatic ring is 3. The second-order valence-electron chi connectivity index (χ2n) is 14.0. The fourth-order valence-corrected chi connectivity index (χ4v) is 7.44. The summed E-state index contributed by atoms with van der Waals surface area (Å²) >= 11 is 0. The quantitative estimate of drug-likeness (QED) is 0.0409. The summed E-state index contributed by atoms with van der Waals surface area (Å²) in [6, 6.07) is 22.8. The Kier molecular flexibility index (Phi) is 19.0. The van der Waals surface area contributed by atoms with Gasteiger partial charge in [-0.2, -0.15) is 13.5 Å². The van der Waals surface area contributed by atoms with Crippen molar-refractivity contribution in [2.75, 3.05) is 37.0 Å². The Labute approximate surface area is 425 Å². The summed E-state index contributed by atoms with van der Waals surface area (Å²) in [5.74, 6) is -0.0860. The minimum absolute atomic E-state index is 0. The maximum absolute atomic E-state index is 13.9. The summed E-state index contributed by atoms with van der Waals surface area (Å²) in [6.45, 7) is 6.89. The summed E-state index contributed by atoms with van der Waals surface area (Å²) in [6.07, 6.45) is 2.08. The Morgan fingerprint density at radius 1 is 0.576 bits per heavy atom. The molecule has 0 saturated heterocycles. The Morgan fingerprint density at radius 3 is 1.61 bits per heavy atom. The van der Waals surface area contributed by atoms with Crippen LogP contribution in [0.1, 0.15) is 40.0 Å². The average Bonchev–Trinajstić information content (AvgIpc) is 3.26. The van der Waals surface area contributed by atoms with Crippen LogP contribution in [-0.2, 0) is 20.2 Å². The molecule has 0 aliphatic rings. The zero-order valence-corrected chi connectivity index (χ0v) is 42.4. The molecule has 0 unspecified atom stereocenters. The standard InChI is InChI=1S/C43H45N9O10S2.2Na/c1-4-16-60-34-24-33(29(44)23-30(34)45)50-48-31-14-12-25(19-35(31)61-17-5-2)26-13-15-32(36(20-26)62-18-6-3)49-51-41-37(63(54,55)56)21-27-22-38(64(57,58)59)42(43(53)39(27)40(41)46)52-47-28-10-8-7-9-11-28;;/h7-15,19-24,53H,4-6,16-18,44-46H2,1-3H3,(H,54,55,56)(H,57,58,59);;/q;2*+1/p-2. The number of hydrogen-bond acceptors (Lipinski definition) is 18. The number of fused-ring (bicyclic) bond motifs is 1. The molecule has 6 aromatic rings. The van der Waals surface area contributed by atoms with Crippen LogP contribution in [-0.4, -0.2) is 45.8 Å². The van der Waals surface area contributed by atoms with E-state index in [9.17, 15) is 31.0 Å². The van der Waals surface area contributed by atoms with Crippen LogP contribution >= 0.6 is 0 Å². The minimum Gasteiger partial charge on any atom is -0.870 e. The molecule has 0 bridgehead atoms. The van der Waals surface area contributed by atoms with Crippen molar-refractivity contribution in [2.24, 2.45) is 30.7 Å². The topological polar surface area (TPSA) is 315 Å². The largest absolute Gasteiger partial charge is 1.00 e. The van der Waals surface area contributed by atoms with Gasteiger partial charge >= 0.3 is 59.1 Å². The molecule has 66 heavy (non-hydrogen) atoms. The zero-order chi connectivity index (χ0) is 46.2. The Balaban J connectivity index is 0.00000476. The van der Waals surface area contributed by atoms with Crippen molar-refractivity contribution >= 4 is 82.2 Å². The predicted octanol–water partition coefficient (Wildman–Crippen LogP) is 4.10. The van der Waals surface area contributed by atoms with Gasteiger partial charge in [0.25, 0.3) is 10.1 Å². The van der Waals surface area contributed by atoms with Crippen LogP contribution in [0.5, 0.6) is 23.0 Å². The van der Waals surface area contributed by atoms with Gasteiger partial charge in [0, 0.05) is 11.5 Å². The Bertz CT molecular complexity index is 3030. The van der Waals surface area contributed by atoms with E-state index in [1.165, 1.54) is 18.2 Å². The van der Waals surface area contributed by atoms with Crippen LogP contribution < -0.4 is 95.6 Å². The van der Waals surface area contributed by atoms with Gasteiger partial charge in [0.05, 0.1) is 53.2 Å². The van der Waals surface area contributed by atoms with Crippen molar-refractivity contribution in [2.45, 2.75) is 49.8 Å². The number of nitrogens with zero attached hydrogens (tertiary/aromatic N) is 6. The molecular weight excluding hydrogens is 913 g/mol. The SMILES string of the molecule is CCCOc1cc(N=Nc2ccc(-c3ccc(N=Nc4c(S(=O)(=O)[O-])cc5cc(S(=O)(=O)O)c(N=Nc6ccccc6)c([O-])c5c4N)c(OCCC)c3)cc2OCCC)c(N)cc1N.[Na+].[Na+]. The second kappa shape index (κ2) is 23.5. The number of hydrogen-bond donors (Lipinski definition) is 4. The number of anilines is 3. The van der Waals surface area contributed by atoms with Gasteiger partial charge in [-0.1, -0.05) is 56.9 Å². The first-order valence-electron chi connectivity index (χ1n) is 19.7. The third-order valence-electron chi connectivity index (χ3n) is 9.18. The molecule has 6 rings (SSSR count). The third kappa shape index (κ3) is 12.8. The molecule has 0 aliphatic carbocycles. The van der Waals surface area contributed by atoms with Gasteiger partial charge < -0.3 is 41.1 Å². The van der Waals surface area contributed by atoms with Crippen LogP contribution in [0.2, 0.25) is 0 Å². The molecule has 0 atom stereocenters. The molecule has 334 valence electrons. The summed E-state index contributed by atoms with van der Waals surface area (Å²) in [4.78, 5) is -2.02. The van der Waals surface area contributed by atoms with Crippen LogP contribution in [0.4, 0.5) is 51.2 Å². The van der Waals surface area contributed by atoms with Gasteiger partial charge in [-0.05, 0) is 90.4 Å². The van der Waals surface area contributed by atoms with Crippen molar-refractivity contribution in [1.29, 1.82) is 0 Å². The predicted molar refractivity (Wildman–Crippen MR) is 239 cm³/mol. The van der Waals surface area contributed by atoms with Crippen molar-refractivity contribution in [3.8, 4) is 34.1 Å². The van der Waals surface area contributed by atoms with Crippen molar-refractivity contribution in [1.82, 2.24) is 0 Å². The van der Waals surface area contributed by atoms with Crippen LogP contribution in [0, 0.1) is 0 Å². The summed E-state index contributed by atoms with van der Waals surface area (Å²) in [5, 5.41) is 37.8. The smallest absolute Gasteiger partial charge is 0.870 e. The molecular formula is C43H43N9Na2O10S2. The average molecular weight is 956 g/mol. The minimum atomic E-state index is -5.39. The number of rotatable bonds is 18. The van der Waals surface area contributed by atoms with E-state index in [1.807, 2.05) is 20.8 Å². The van der Waals surface area contributed by atoms with E-state index in [-0.39, 0.29) is 82.8 Å². The van der Waals surface area contributed by atoms with Gasteiger partial charge in [0.2, 0.25) is 0 Å². The molecule has 19 nitrogen and oxygen atoms in total. The molecule has 23 heteroatoms. The van der Waals surface area contributed by atoms with Crippen molar-refractivity contribution in [3.63, 3.8) is 0 Å². The first-order valence-corrected chi connectivity index (χ1v) is 22.6. The molecule has 6 aromatic carbocycles. The third-order valence-corrected chi connectivity index (χ3v) is 10.9. The monoisotopic (exact) mass is 955 g/mol. The molecule has 0 heterocycles. The van der Waals surface area contributed by atoms with Crippen LogP contribution in [0.25, 0.3) is 21.9 Å². The number of benzene rings is 6. The van der Waals surface area contributed by atoms with E-state index in [4.69, 9.17) is 31.4 Å².